The van der Waals surface area contributed by atoms with Crippen molar-refractivity contribution in [3.8, 4) is 22.3 Å². The van der Waals surface area contributed by atoms with E-state index in [4.69, 9.17) is 34.0 Å². The first kappa shape index (κ1) is 63.5. The largest absolute Gasteiger partial charge is 1.00 e. The van der Waals surface area contributed by atoms with Gasteiger partial charge in [0.1, 0.15) is 23.3 Å². The zero-order valence-electron chi connectivity index (χ0n) is 40.1. The Morgan fingerprint density at radius 3 is 1.51 bits per heavy atom. The molecule has 1 amide bonds. The topological polar surface area (TPSA) is 236 Å². The van der Waals surface area contributed by atoms with E-state index in [1.54, 1.807) is 35.1 Å². The van der Waals surface area contributed by atoms with E-state index in [1.165, 1.54) is 73.3 Å². The molecule has 73 heavy (non-hydrogen) atoms. The van der Waals surface area contributed by atoms with Crippen LogP contribution in [0, 0.1) is 11.6 Å². The van der Waals surface area contributed by atoms with Crippen LogP contribution in [0.15, 0.2) is 95.0 Å². The third-order valence-electron chi connectivity index (χ3n) is 11.0. The fourth-order valence-electron chi connectivity index (χ4n) is 7.66. The van der Waals surface area contributed by atoms with Gasteiger partial charge in [-0.15, -0.1) is 0 Å². The van der Waals surface area contributed by atoms with Gasteiger partial charge in [-0.1, -0.05) is 30.6 Å². The zero-order valence-corrected chi connectivity index (χ0v) is 43.6. The Morgan fingerprint density at radius 1 is 0.699 bits per heavy atom. The molecule has 2 aliphatic heterocycles. The first-order valence-corrected chi connectivity index (χ1v) is 22.5. The standard InChI is InChI=1S/C24H25ClFN5O3.C21H18ClFN4O3.C3H9NO.CH4.Li.2H2S/c1-14(13-32)28-22(33)18-12-27-7-6-20(18)29-21-11-17(16-10-15(25)4-5-19(16)26)24(34)31-9-3-8-30(2)23(21)31;1-26-7-2-8-27-19(26)18(25-17-5-6-24-11-15(17)21(29)30)10-14(20(27)28)13-9-12(22)3-4-16(13)23;1-3(4)2-5;;;;/h4-7,10-12,14,32H,3,8-9,13H2,1-2H3,(H,27,29)(H,28,33);3-6,9-11H,2,7-8H2,1H3,(H,24,25)(H,29,30);3,5H,2,4H2,1H3;1H4;;2*1H2/q;;;;+1;;/p-1/t14-;;3-;;;;/m0.0..../s1. The summed E-state index contributed by atoms with van der Waals surface area (Å²) in [5.74, 6) is -1.71. The van der Waals surface area contributed by atoms with Crippen LogP contribution >= 0.6 is 50.2 Å². The van der Waals surface area contributed by atoms with Crippen LogP contribution in [-0.2, 0) is 13.1 Å². The van der Waals surface area contributed by atoms with E-state index in [0.29, 0.717) is 58.4 Å². The van der Waals surface area contributed by atoms with Gasteiger partial charge in [-0.25, -0.2) is 8.78 Å². The van der Waals surface area contributed by atoms with Crippen LogP contribution in [0.4, 0.5) is 43.2 Å². The summed E-state index contributed by atoms with van der Waals surface area (Å²) in [5, 5.41) is 38.4. The Kier molecular flexibility index (Phi) is 25.0. The fourth-order valence-corrected chi connectivity index (χ4v) is 8.01. The molecule has 0 fully saturated rings. The van der Waals surface area contributed by atoms with Gasteiger partial charge in [0.05, 0.1) is 58.6 Å². The minimum Gasteiger partial charge on any atom is -0.545 e. The van der Waals surface area contributed by atoms with Gasteiger partial charge < -0.3 is 51.6 Å². The summed E-state index contributed by atoms with van der Waals surface area (Å²) in [6.45, 7) is 5.68. The van der Waals surface area contributed by atoms with Gasteiger partial charge in [0.2, 0.25) is 0 Å². The second-order valence-corrected chi connectivity index (χ2v) is 17.3. The molecule has 2 aliphatic rings. The summed E-state index contributed by atoms with van der Waals surface area (Å²) in [4.78, 5) is 62.5. The minimum atomic E-state index is -1.39. The molecule has 17 nitrogen and oxygen atoms in total. The van der Waals surface area contributed by atoms with Crippen molar-refractivity contribution in [2.45, 2.75) is 59.3 Å². The average Bonchev–Trinajstić information content (AvgIpc) is 3.33. The van der Waals surface area contributed by atoms with E-state index in [1.807, 2.05) is 23.9 Å². The third-order valence-corrected chi connectivity index (χ3v) is 11.5. The maximum atomic E-state index is 14.7. The van der Waals surface area contributed by atoms with Crippen LogP contribution < -0.4 is 66.6 Å². The number of carbonyl (C=O) groups is 2. The van der Waals surface area contributed by atoms with Crippen molar-refractivity contribution in [3.63, 3.8) is 0 Å². The van der Waals surface area contributed by atoms with Gasteiger partial charge in [0, 0.05) is 104 Å². The summed E-state index contributed by atoms with van der Waals surface area (Å²) in [6, 6.07) is 13.8. The molecule has 2 atom stereocenters. The number of aromatic carboxylic acids is 1. The van der Waals surface area contributed by atoms with E-state index < -0.39 is 29.6 Å². The molecule has 0 saturated heterocycles. The first-order chi connectivity index (χ1) is 32.9. The minimum absolute atomic E-state index is 0. The number of fused-ring (bicyclic) bond motifs is 2. The molecule has 24 heteroatoms. The molecule has 0 radical (unpaired) electrons. The summed E-state index contributed by atoms with van der Waals surface area (Å²) in [7, 11) is 3.71. The normalized spacial score (nSPS) is 12.9. The maximum Gasteiger partial charge on any atom is 1.00 e. The predicted molar refractivity (Wildman–Crippen MR) is 290 cm³/mol. The number of pyridine rings is 4. The number of nitrogens with zero attached hydrogens (tertiary/aromatic N) is 6. The molecule has 0 unspecified atom stereocenters. The van der Waals surface area contributed by atoms with Crippen molar-refractivity contribution in [2.24, 2.45) is 5.73 Å². The smallest absolute Gasteiger partial charge is 0.545 e. The predicted octanol–water partition coefficient (Wildman–Crippen LogP) is 3.24. The zero-order chi connectivity index (χ0) is 50.1. The fraction of sp³-hybridized carbons (Fsp3) is 0.306. The number of anilines is 6. The Bertz CT molecular complexity index is 2990. The number of amides is 1. The Morgan fingerprint density at radius 2 is 1.11 bits per heavy atom. The summed E-state index contributed by atoms with van der Waals surface area (Å²) < 4.78 is 32.4. The van der Waals surface area contributed by atoms with Gasteiger partial charge >= 0.3 is 18.9 Å². The van der Waals surface area contributed by atoms with Gasteiger partial charge in [0.25, 0.3) is 17.0 Å². The summed E-state index contributed by atoms with van der Waals surface area (Å²) in [5.41, 5.74) is 6.68. The molecule has 6 heterocycles. The maximum absolute atomic E-state index is 14.7. The molecule has 388 valence electrons. The number of nitrogens with one attached hydrogen (secondary N) is 3. The van der Waals surface area contributed by atoms with Crippen LogP contribution in [0.1, 0.15) is 54.8 Å². The molecule has 0 aliphatic carbocycles. The van der Waals surface area contributed by atoms with Crippen molar-refractivity contribution in [2.75, 3.05) is 60.8 Å². The SMILES string of the molecule is C.CN1CCCn2c1c(Nc1ccncc1C(=O)[O-])cc(-c1cc(Cl)ccc1F)c2=O.C[C@@H](CO)NC(=O)c1cnccc1Nc1cc(-c2cc(Cl)ccc2F)c(=O)n2c1N(C)CCC2.C[C@H](N)CO.S.S.[Li+]. The Labute approximate surface area is 457 Å². The van der Waals surface area contributed by atoms with E-state index in [-0.39, 0.29) is 123 Å². The molecule has 6 aromatic rings. The summed E-state index contributed by atoms with van der Waals surface area (Å²) in [6.07, 6.45) is 7.08. The number of hydrogen-bond donors (Lipinski definition) is 6. The van der Waals surface area contributed by atoms with Crippen LogP contribution in [0.25, 0.3) is 22.3 Å². The third kappa shape index (κ3) is 15.2. The van der Waals surface area contributed by atoms with Crippen molar-refractivity contribution >= 4 is 96.5 Å². The van der Waals surface area contributed by atoms with E-state index >= 15 is 0 Å². The average molecular weight is 1080 g/mol. The van der Waals surface area contributed by atoms with Gasteiger partial charge in [-0.2, -0.15) is 27.0 Å². The number of benzene rings is 2. The van der Waals surface area contributed by atoms with Gasteiger partial charge in [0.15, 0.2) is 0 Å². The number of rotatable bonds is 11. The van der Waals surface area contributed by atoms with Crippen LogP contribution in [0.3, 0.4) is 0 Å². The quantitative estimate of drug-likeness (QED) is 0.102. The molecule has 4 aromatic heterocycles. The van der Waals surface area contributed by atoms with Crippen LogP contribution in [0.5, 0.6) is 0 Å². The van der Waals surface area contributed by atoms with Crippen LogP contribution in [0.2, 0.25) is 10.0 Å². The van der Waals surface area contributed by atoms with E-state index in [9.17, 15) is 38.2 Å². The number of carbonyl (C=O) groups excluding carboxylic acids is 2. The molecule has 0 spiro atoms. The molecule has 2 aromatic carbocycles. The number of hydrogen-bond acceptors (Lipinski definition) is 14. The molecular formula is C49H59Cl2F2LiN10O7S2. The molecule has 7 N–H and O–H groups in total. The van der Waals surface area contributed by atoms with Crippen molar-refractivity contribution < 1.29 is 52.6 Å². The number of halogens is 4. The van der Waals surface area contributed by atoms with Gasteiger partial charge in [-0.05, 0) is 87.4 Å². The second-order valence-electron chi connectivity index (χ2n) is 16.4. The first-order valence-electron chi connectivity index (χ1n) is 21.7. The number of aliphatic hydroxyl groups is 2. The molecule has 0 bridgehead atoms. The second kappa shape index (κ2) is 28.7. The van der Waals surface area contributed by atoms with E-state index in [0.717, 1.165) is 19.4 Å². The van der Waals surface area contributed by atoms with Crippen molar-refractivity contribution in [1.82, 2.24) is 24.4 Å². The Balaban J connectivity index is 0.000000438. The van der Waals surface area contributed by atoms with Crippen LogP contribution in [-0.4, -0.2) is 93.7 Å². The number of carboxylic acids is 1. The molecule has 0 saturated carbocycles. The molecule has 8 rings (SSSR count). The number of aliphatic hydroxyl groups excluding tert-OH is 2. The number of carboxylic acid groups (broad SMARTS) is 1. The monoisotopic (exact) mass is 1080 g/mol. The van der Waals surface area contributed by atoms with E-state index in [2.05, 4.69) is 25.9 Å². The number of nitrogens with two attached hydrogens (primary N) is 1. The number of aromatic nitrogens is 4. The van der Waals surface area contributed by atoms with Crippen molar-refractivity contribution in [1.29, 1.82) is 0 Å². The van der Waals surface area contributed by atoms with Gasteiger partial charge in [-0.3, -0.25) is 33.5 Å². The van der Waals surface area contributed by atoms with Crippen molar-refractivity contribution in [3.05, 3.63) is 139 Å². The summed E-state index contributed by atoms with van der Waals surface area (Å²) >= 11 is 12.1. The molecular weight excluding hydrogens is 1020 g/mol. The Hall–Kier alpha value is -5.60.